The van der Waals surface area contributed by atoms with Gasteiger partial charge in [0.15, 0.2) is 0 Å². The molecule has 7 heteroatoms. The summed E-state index contributed by atoms with van der Waals surface area (Å²) in [5.74, 6) is -0.958. The largest absolute Gasteiger partial charge is 0.480 e. The third-order valence-corrected chi connectivity index (χ3v) is 3.04. The van der Waals surface area contributed by atoms with Crippen LogP contribution in [0.3, 0.4) is 0 Å². The van der Waals surface area contributed by atoms with Gasteiger partial charge in [0.25, 0.3) is 0 Å². The van der Waals surface area contributed by atoms with Crippen molar-refractivity contribution >= 4 is 5.97 Å². The van der Waals surface area contributed by atoms with Crippen molar-refractivity contribution in [1.82, 2.24) is 5.32 Å². The molecule has 1 fully saturated rings. The number of aliphatic hydroxyl groups is 3. The first-order valence-electron chi connectivity index (χ1n) is 7.01. The first kappa shape index (κ1) is 19.3. The summed E-state index contributed by atoms with van der Waals surface area (Å²) in [7, 11) is 0. The number of hydrogen-bond donors (Lipinski definition) is 5. The standard InChI is InChI=1S/C11H21NO6.C2H6/c1-6(12-4-10(15)16)2-9-11(17)8(14)3-7(5-13)18-9;1-2/h6-9,11-14,17H,2-5H2,1H3,(H,15,16);1-2H3/t6?,7?,8?,9?,11-;/m1./s1. The van der Waals surface area contributed by atoms with Gasteiger partial charge in [0, 0.05) is 12.5 Å². The van der Waals surface area contributed by atoms with Crippen LogP contribution >= 0.6 is 0 Å². The number of aliphatic hydroxyl groups excluding tert-OH is 3. The van der Waals surface area contributed by atoms with Gasteiger partial charge in [-0.05, 0) is 13.3 Å². The molecule has 7 nitrogen and oxygen atoms in total. The van der Waals surface area contributed by atoms with Crippen LogP contribution in [0.4, 0.5) is 0 Å². The van der Waals surface area contributed by atoms with E-state index in [2.05, 4.69) is 5.32 Å². The van der Waals surface area contributed by atoms with E-state index in [-0.39, 0.29) is 25.6 Å². The molecule has 0 bridgehead atoms. The van der Waals surface area contributed by atoms with Gasteiger partial charge in [0.1, 0.15) is 6.10 Å². The highest BCUT2D eigenvalue weighted by molar-refractivity contribution is 5.69. The third kappa shape index (κ3) is 6.62. The van der Waals surface area contributed by atoms with Gasteiger partial charge >= 0.3 is 5.97 Å². The van der Waals surface area contributed by atoms with E-state index in [0.29, 0.717) is 6.42 Å². The molecule has 5 atom stereocenters. The Hall–Kier alpha value is -0.730. The maximum Gasteiger partial charge on any atom is 0.317 e. The van der Waals surface area contributed by atoms with Crippen LogP contribution in [-0.2, 0) is 9.53 Å². The number of carboxylic acid groups (broad SMARTS) is 1. The zero-order valence-electron chi connectivity index (χ0n) is 12.3. The highest BCUT2D eigenvalue weighted by atomic mass is 16.5. The summed E-state index contributed by atoms with van der Waals surface area (Å²) in [5.41, 5.74) is 0. The minimum atomic E-state index is -1.01. The highest BCUT2D eigenvalue weighted by Gasteiger charge is 2.36. The second kappa shape index (κ2) is 10.1. The van der Waals surface area contributed by atoms with E-state index in [1.807, 2.05) is 13.8 Å². The fourth-order valence-corrected chi connectivity index (χ4v) is 2.05. The summed E-state index contributed by atoms with van der Waals surface area (Å²) in [4.78, 5) is 10.4. The fraction of sp³-hybridized carbons (Fsp3) is 0.923. The van der Waals surface area contributed by atoms with Crippen molar-refractivity contribution in [2.45, 2.75) is 64.1 Å². The molecule has 1 aliphatic heterocycles. The molecule has 0 radical (unpaired) electrons. The Bertz CT molecular complexity index is 276. The Kier molecular flexibility index (Phi) is 9.70. The molecule has 0 aromatic carbocycles. The van der Waals surface area contributed by atoms with E-state index in [4.69, 9.17) is 14.9 Å². The molecule has 0 aromatic rings. The molecular weight excluding hydrogens is 266 g/mol. The lowest BCUT2D eigenvalue weighted by molar-refractivity contribution is -0.180. The quantitative estimate of drug-likeness (QED) is 0.441. The van der Waals surface area contributed by atoms with Crippen LogP contribution in [0.15, 0.2) is 0 Å². The Balaban J connectivity index is 0.00000172. The Morgan fingerprint density at radius 3 is 2.50 bits per heavy atom. The lowest BCUT2D eigenvalue weighted by Crippen LogP contribution is -2.51. The van der Waals surface area contributed by atoms with Gasteiger partial charge in [-0.1, -0.05) is 13.8 Å². The van der Waals surface area contributed by atoms with Crippen molar-refractivity contribution in [3.05, 3.63) is 0 Å². The number of hydrogen-bond acceptors (Lipinski definition) is 6. The maximum absolute atomic E-state index is 10.4. The number of ether oxygens (including phenoxy) is 1. The van der Waals surface area contributed by atoms with Crippen LogP contribution in [0.2, 0.25) is 0 Å². The van der Waals surface area contributed by atoms with Gasteiger partial charge in [-0.15, -0.1) is 0 Å². The zero-order valence-corrected chi connectivity index (χ0v) is 12.3. The second-order valence-electron chi connectivity index (χ2n) is 4.68. The first-order chi connectivity index (χ1) is 9.43. The Labute approximate surface area is 119 Å². The summed E-state index contributed by atoms with van der Waals surface area (Å²) in [6.07, 6.45) is -2.47. The topological polar surface area (TPSA) is 119 Å². The van der Waals surface area contributed by atoms with E-state index >= 15 is 0 Å². The monoisotopic (exact) mass is 293 g/mol. The Morgan fingerprint density at radius 2 is 2.00 bits per heavy atom. The molecule has 1 heterocycles. The molecule has 0 aliphatic carbocycles. The number of nitrogens with one attached hydrogen (secondary N) is 1. The Morgan fingerprint density at radius 1 is 1.40 bits per heavy atom. The molecular formula is C13H27NO6. The lowest BCUT2D eigenvalue weighted by atomic mass is 9.94. The lowest BCUT2D eigenvalue weighted by Gasteiger charge is -2.37. The molecule has 0 saturated carbocycles. The average molecular weight is 293 g/mol. The molecule has 0 amide bonds. The van der Waals surface area contributed by atoms with Crippen LogP contribution in [-0.4, -0.2) is 70.0 Å². The molecule has 5 N–H and O–H groups in total. The van der Waals surface area contributed by atoms with Gasteiger partial charge in [-0.25, -0.2) is 0 Å². The van der Waals surface area contributed by atoms with E-state index < -0.39 is 30.4 Å². The fourth-order valence-electron chi connectivity index (χ4n) is 2.05. The third-order valence-electron chi connectivity index (χ3n) is 3.04. The minimum Gasteiger partial charge on any atom is -0.480 e. The zero-order chi connectivity index (χ0) is 15.7. The van der Waals surface area contributed by atoms with Crippen molar-refractivity contribution in [1.29, 1.82) is 0 Å². The minimum absolute atomic E-state index is 0.171. The van der Waals surface area contributed by atoms with Crippen molar-refractivity contribution in [3.8, 4) is 0 Å². The SMILES string of the molecule is CC.CC(CC1OC(CO)CC(O)[C@H]1O)NCC(=O)O. The van der Waals surface area contributed by atoms with Crippen LogP contribution in [0.25, 0.3) is 0 Å². The number of carboxylic acids is 1. The average Bonchev–Trinajstić information content (AvgIpc) is 2.43. The van der Waals surface area contributed by atoms with E-state index in [1.165, 1.54) is 0 Å². The molecule has 4 unspecified atom stereocenters. The molecule has 1 aliphatic rings. The van der Waals surface area contributed by atoms with Crippen LogP contribution < -0.4 is 5.32 Å². The highest BCUT2D eigenvalue weighted by Crippen LogP contribution is 2.23. The summed E-state index contributed by atoms with van der Waals surface area (Å²) >= 11 is 0. The molecule has 20 heavy (non-hydrogen) atoms. The second-order valence-corrected chi connectivity index (χ2v) is 4.68. The van der Waals surface area contributed by atoms with Gasteiger partial charge in [-0.3, -0.25) is 4.79 Å². The van der Waals surface area contributed by atoms with Crippen molar-refractivity contribution in [2.24, 2.45) is 0 Å². The number of aliphatic carboxylic acids is 1. The molecule has 0 spiro atoms. The van der Waals surface area contributed by atoms with Crippen molar-refractivity contribution < 1.29 is 30.0 Å². The molecule has 1 saturated heterocycles. The van der Waals surface area contributed by atoms with Crippen LogP contribution in [0.5, 0.6) is 0 Å². The van der Waals surface area contributed by atoms with Crippen LogP contribution in [0.1, 0.15) is 33.6 Å². The predicted molar refractivity (Wildman–Crippen MR) is 73.4 cm³/mol. The normalized spacial score (nSPS) is 31.1. The predicted octanol–water partition coefficient (Wildman–Crippen LogP) is -0.663. The number of rotatable bonds is 6. The maximum atomic E-state index is 10.4. The molecule has 120 valence electrons. The summed E-state index contributed by atoms with van der Waals surface area (Å²) in [5, 5.41) is 39.7. The number of carbonyl (C=O) groups is 1. The molecule has 1 rings (SSSR count). The van der Waals surface area contributed by atoms with E-state index in [9.17, 15) is 15.0 Å². The van der Waals surface area contributed by atoms with Gasteiger partial charge < -0.3 is 30.5 Å². The van der Waals surface area contributed by atoms with Gasteiger partial charge in [0.2, 0.25) is 0 Å². The van der Waals surface area contributed by atoms with E-state index in [1.54, 1.807) is 6.92 Å². The van der Waals surface area contributed by atoms with Crippen molar-refractivity contribution in [2.75, 3.05) is 13.2 Å². The van der Waals surface area contributed by atoms with E-state index in [0.717, 1.165) is 0 Å². The molecule has 0 aromatic heterocycles. The van der Waals surface area contributed by atoms with Gasteiger partial charge in [0.05, 0.1) is 31.5 Å². The first-order valence-corrected chi connectivity index (χ1v) is 7.01. The summed E-state index contributed by atoms with van der Waals surface area (Å²) in [6, 6.07) is -0.176. The van der Waals surface area contributed by atoms with Gasteiger partial charge in [-0.2, -0.15) is 0 Å². The summed E-state index contributed by atoms with van der Waals surface area (Å²) < 4.78 is 5.45. The smallest absolute Gasteiger partial charge is 0.317 e. The van der Waals surface area contributed by atoms with Crippen molar-refractivity contribution in [3.63, 3.8) is 0 Å². The summed E-state index contributed by atoms with van der Waals surface area (Å²) in [6.45, 7) is 5.39. The van der Waals surface area contributed by atoms with Crippen LogP contribution in [0, 0.1) is 0 Å².